The second kappa shape index (κ2) is 11.4. The van der Waals surface area contributed by atoms with Crippen LogP contribution in [0.5, 0.6) is 0 Å². The van der Waals surface area contributed by atoms with Crippen molar-refractivity contribution < 1.29 is 9.59 Å². The Morgan fingerprint density at radius 1 is 1.08 bits per heavy atom. The van der Waals surface area contributed by atoms with E-state index in [1.165, 1.54) is 0 Å². The van der Waals surface area contributed by atoms with E-state index in [0.29, 0.717) is 30.9 Å². The van der Waals surface area contributed by atoms with Gasteiger partial charge in [-0.15, -0.1) is 0 Å². The molecule has 186 valence electrons. The molecule has 1 aliphatic heterocycles. The first kappa shape index (κ1) is 24.7. The molecule has 4 rings (SSSR count). The maximum Gasteiger partial charge on any atom is 0.247 e. The fourth-order valence-corrected chi connectivity index (χ4v) is 4.37. The van der Waals surface area contributed by atoms with Crippen molar-refractivity contribution in [3.8, 4) is 0 Å². The summed E-state index contributed by atoms with van der Waals surface area (Å²) in [6.45, 7) is 3.94. The van der Waals surface area contributed by atoms with Crippen molar-refractivity contribution in [1.82, 2.24) is 15.2 Å². The lowest BCUT2D eigenvalue weighted by Gasteiger charge is -2.41. The molecular formula is C27H31N7O2. The molecular weight excluding hydrogens is 454 g/mol. The lowest BCUT2D eigenvalue weighted by Crippen LogP contribution is -2.56. The topological polar surface area (TPSA) is 127 Å². The average molecular weight is 486 g/mol. The van der Waals surface area contributed by atoms with Crippen molar-refractivity contribution in [2.45, 2.75) is 19.0 Å². The van der Waals surface area contributed by atoms with Gasteiger partial charge in [-0.3, -0.25) is 20.0 Å². The number of carbonyl (C=O) groups excluding carboxylic acids is 2. The minimum Gasteiger partial charge on any atom is -0.384 e. The first-order valence-corrected chi connectivity index (χ1v) is 11.9. The fourth-order valence-electron chi connectivity index (χ4n) is 4.37. The number of anilines is 2. The van der Waals surface area contributed by atoms with Crippen molar-refractivity contribution in [3.05, 3.63) is 90.3 Å². The van der Waals surface area contributed by atoms with Gasteiger partial charge >= 0.3 is 0 Å². The summed E-state index contributed by atoms with van der Waals surface area (Å²) in [5.41, 5.74) is 8.67. The van der Waals surface area contributed by atoms with Crippen LogP contribution >= 0.6 is 0 Å². The smallest absolute Gasteiger partial charge is 0.247 e. The summed E-state index contributed by atoms with van der Waals surface area (Å²) in [7, 11) is 0. The highest BCUT2D eigenvalue weighted by Crippen LogP contribution is 2.21. The minimum absolute atomic E-state index is 0.00804. The molecule has 1 aliphatic rings. The zero-order valence-corrected chi connectivity index (χ0v) is 20.2. The quantitative estimate of drug-likeness (QED) is 0.287. The van der Waals surface area contributed by atoms with Crippen molar-refractivity contribution in [3.63, 3.8) is 0 Å². The highest BCUT2D eigenvalue weighted by atomic mass is 16.2. The zero-order chi connectivity index (χ0) is 25.5. The van der Waals surface area contributed by atoms with Crippen LogP contribution in [0.1, 0.15) is 24.1 Å². The van der Waals surface area contributed by atoms with Crippen molar-refractivity contribution in [2.75, 3.05) is 36.4 Å². The Morgan fingerprint density at radius 3 is 2.53 bits per heavy atom. The predicted octanol–water partition coefficient (Wildman–Crippen LogP) is 2.37. The highest BCUT2D eigenvalue weighted by molar-refractivity contribution is 5.96. The van der Waals surface area contributed by atoms with E-state index in [2.05, 4.69) is 20.5 Å². The van der Waals surface area contributed by atoms with Crippen LogP contribution in [0.2, 0.25) is 0 Å². The third-order valence-electron chi connectivity index (χ3n) is 6.27. The Bertz CT molecular complexity index is 1200. The molecule has 2 aromatic carbocycles. The standard InChI is InChI=1S/C27H31N7O2/c1-19-18-33(23-10-12-30-13-11-23)14-15-34(19)24(35)17-31-27(36)25(20-6-3-2-4-7-20)32-22-9-5-8-21(16-22)26(28)29/h2-13,16,19,25,32H,14-15,17-18H2,1H3,(H3,28,29)(H,31,36). The molecule has 5 N–H and O–H groups in total. The van der Waals surface area contributed by atoms with E-state index >= 15 is 0 Å². The summed E-state index contributed by atoms with van der Waals surface area (Å²) in [5, 5.41) is 13.7. The number of piperazine rings is 1. The molecule has 3 aromatic rings. The maximum atomic E-state index is 13.2. The number of hydrogen-bond acceptors (Lipinski definition) is 6. The van der Waals surface area contributed by atoms with E-state index in [4.69, 9.17) is 11.1 Å². The number of pyridine rings is 1. The Hall–Kier alpha value is -4.40. The van der Waals surface area contributed by atoms with E-state index < -0.39 is 6.04 Å². The van der Waals surface area contributed by atoms with Gasteiger partial charge in [0.15, 0.2) is 0 Å². The third kappa shape index (κ3) is 5.99. The number of carbonyl (C=O) groups is 2. The molecule has 0 spiro atoms. The van der Waals surface area contributed by atoms with Gasteiger partial charge in [-0.05, 0) is 36.8 Å². The van der Waals surface area contributed by atoms with Crippen LogP contribution in [0.15, 0.2) is 79.1 Å². The highest BCUT2D eigenvalue weighted by Gasteiger charge is 2.28. The van der Waals surface area contributed by atoms with Crippen LogP contribution in [0.25, 0.3) is 0 Å². The van der Waals surface area contributed by atoms with Gasteiger partial charge in [0.05, 0.1) is 6.54 Å². The van der Waals surface area contributed by atoms with E-state index in [1.54, 1.807) is 30.6 Å². The second-order valence-corrected chi connectivity index (χ2v) is 8.79. The third-order valence-corrected chi connectivity index (χ3v) is 6.27. The molecule has 0 aliphatic carbocycles. The maximum absolute atomic E-state index is 13.2. The number of nitrogens with one attached hydrogen (secondary N) is 3. The van der Waals surface area contributed by atoms with Gasteiger partial charge in [-0.2, -0.15) is 0 Å². The van der Waals surface area contributed by atoms with Crippen LogP contribution in [0.4, 0.5) is 11.4 Å². The van der Waals surface area contributed by atoms with E-state index in [0.717, 1.165) is 11.3 Å². The molecule has 36 heavy (non-hydrogen) atoms. The van der Waals surface area contributed by atoms with Gasteiger partial charge in [0.25, 0.3) is 0 Å². The van der Waals surface area contributed by atoms with Crippen LogP contribution in [-0.2, 0) is 9.59 Å². The summed E-state index contributed by atoms with van der Waals surface area (Å²) >= 11 is 0. The Morgan fingerprint density at radius 2 is 1.83 bits per heavy atom. The number of nitrogens with zero attached hydrogens (tertiary/aromatic N) is 3. The van der Waals surface area contributed by atoms with Gasteiger partial charge in [-0.25, -0.2) is 0 Å². The number of rotatable bonds is 8. The molecule has 2 heterocycles. The largest absolute Gasteiger partial charge is 0.384 e. The van der Waals surface area contributed by atoms with Crippen LogP contribution in [-0.4, -0.2) is 59.8 Å². The summed E-state index contributed by atoms with van der Waals surface area (Å²) in [5.74, 6) is -0.482. The lowest BCUT2D eigenvalue weighted by atomic mass is 10.0. The van der Waals surface area contributed by atoms with Gasteiger partial charge in [0.1, 0.15) is 11.9 Å². The first-order chi connectivity index (χ1) is 17.4. The summed E-state index contributed by atoms with van der Waals surface area (Å²) < 4.78 is 0. The van der Waals surface area contributed by atoms with Crippen molar-refractivity contribution in [1.29, 1.82) is 5.41 Å². The van der Waals surface area contributed by atoms with Crippen LogP contribution < -0.4 is 21.3 Å². The number of nitrogens with two attached hydrogens (primary N) is 1. The molecule has 1 saturated heterocycles. The number of amides is 2. The number of nitrogen functional groups attached to an aromatic ring is 1. The molecule has 0 radical (unpaired) electrons. The number of hydrogen-bond donors (Lipinski definition) is 4. The molecule has 2 atom stereocenters. The predicted molar refractivity (Wildman–Crippen MR) is 141 cm³/mol. The van der Waals surface area contributed by atoms with Crippen molar-refractivity contribution >= 4 is 29.0 Å². The van der Waals surface area contributed by atoms with E-state index in [1.807, 2.05) is 60.4 Å². The van der Waals surface area contributed by atoms with Gasteiger partial charge in [0.2, 0.25) is 11.8 Å². The monoisotopic (exact) mass is 485 g/mol. The molecule has 2 amide bonds. The molecule has 2 unspecified atom stereocenters. The first-order valence-electron chi connectivity index (χ1n) is 11.9. The molecule has 0 bridgehead atoms. The number of benzene rings is 2. The molecule has 9 nitrogen and oxygen atoms in total. The fraction of sp³-hybridized carbons (Fsp3) is 0.259. The zero-order valence-electron chi connectivity index (χ0n) is 20.2. The molecule has 0 saturated carbocycles. The average Bonchev–Trinajstić information content (AvgIpc) is 2.91. The summed E-state index contributed by atoms with van der Waals surface area (Å²) in [6, 6.07) is 19.6. The Balaban J connectivity index is 1.40. The normalized spacial score (nSPS) is 16.2. The summed E-state index contributed by atoms with van der Waals surface area (Å²) in [4.78, 5) is 34.4. The molecule has 9 heteroatoms. The number of amidine groups is 1. The Kier molecular flexibility index (Phi) is 7.79. The van der Waals surface area contributed by atoms with Gasteiger partial charge < -0.3 is 26.2 Å². The van der Waals surface area contributed by atoms with Gasteiger partial charge in [-0.1, -0.05) is 42.5 Å². The van der Waals surface area contributed by atoms with Crippen LogP contribution in [0, 0.1) is 5.41 Å². The second-order valence-electron chi connectivity index (χ2n) is 8.79. The SMILES string of the molecule is CC1CN(c2ccncc2)CCN1C(=O)CNC(=O)C(Nc1cccc(C(=N)N)c1)c1ccccc1. The van der Waals surface area contributed by atoms with E-state index in [-0.39, 0.29) is 30.2 Å². The number of aromatic nitrogens is 1. The molecule has 1 aromatic heterocycles. The van der Waals surface area contributed by atoms with Crippen molar-refractivity contribution in [2.24, 2.45) is 5.73 Å². The van der Waals surface area contributed by atoms with Gasteiger partial charge in [0, 0.05) is 55.0 Å². The van der Waals surface area contributed by atoms with E-state index in [9.17, 15) is 9.59 Å². The molecule has 1 fully saturated rings. The lowest BCUT2D eigenvalue weighted by molar-refractivity contribution is -0.135. The Labute approximate surface area is 210 Å². The summed E-state index contributed by atoms with van der Waals surface area (Å²) in [6.07, 6.45) is 3.53. The van der Waals surface area contributed by atoms with Crippen LogP contribution in [0.3, 0.4) is 0 Å². The minimum atomic E-state index is -0.720.